The number of anilines is 1. The molecule has 97 heavy (non-hydrogen) atoms. The molecular weight excluding hydrogens is 1200 g/mol. The van der Waals surface area contributed by atoms with E-state index in [2.05, 4.69) is 97.0 Å². The van der Waals surface area contributed by atoms with E-state index in [1.165, 1.54) is 122 Å². The SMILES string of the molecule is CCCCCCOc1cc(-c2ccc3c(c2)C(CCCCCC)(CCCCCC)c2cc(C)ccc2-3)c(OCCCCCCOc2ccc(N3C(=O)c4ccc5c6ccc7c8c(ccc(c9ccc(c4c59)C3=O)c86)C(=O)N(C(CCCCCC)CCCCCC)C7=O)cc2)cc1C. The molecule has 2 aliphatic heterocycles. The second-order valence-electron chi connectivity index (χ2n) is 28.6. The van der Waals surface area contributed by atoms with Crippen molar-refractivity contribution >= 4 is 72.4 Å². The number of nitrogens with zero attached hydrogens (tertiary/aromatic N) is 2. The Bertz CT molecular complexity index is 4150. The molecule has 0 saturated carbocycles. The molecule has 0 spiro atoms. The Morgan fingerprint density at radius 2 is 0.784 bits per heavy atom. The zero-order valence-corrected chi connectivity index (χ0v) is 59.3. The van der Waals surface area contributed by atoms with Gasteiger partial charge in [0, 0.05) is 50.0 Å². The fraction of sp³-hybridized carbons (Fsp3) is 0.455. The molecule has 508 valence electrons. The smallest absolute Gasteiger partial charge is 0.265 e. The molecule has 9 heteroatoms. The summed E-state index contributed by atoms with van der Waals surface area (Å²) in [6, 6.07) is 41.5. The highest BCUT2D eigenvalue weighted by Crippen LogP contribution is 2.56. The quantitative estimate of drug-likeness (QED) is 0.0164. The van der Waals surface area contributed by atoms with Crippen molar-refractivity contribution < 1.29 is 33.4 Å². The molecule has 4 amide bonds. The van der Waals surface area contributed by atoms with Crippen molar-refractivity contribution in [2.24, 2.45) is 0 Å². The maximum absolute atomic E-state index is 14.7. The van der Waals surface area contributed by atoms with E-state index in [0.717, 1.165) is 151 Å². The summed E-state index contributed by atoms with van der Waals surface area (Å²) in [5.74, 6) is 1.32. The van der Waals surface area contributed by atoms with Crippen LogP contribution in [-0.2, 0) is 5.41 Å². The van der Waals surface area contributed by atoms with Crippen LogP contribution in [0.1, 0.15) is 278 Å². The van der Waals surface area contributed by atoms with Crippen molar-refractivity contribution in [3.63, 3.8) is 0 Å². The number of carbonyl (C=O) groups excluding carboxylic acids is 4. The summed E-state index contributed by atoms with van der Waals surface area (Å²) in [7, 11) is 0. The Morgan fingerprint density at radius 1 is 0.361 bits per heavy atom. The predicted octanol–water partition coefficient (Wildman–Crippen LogP) is 23.9. The largest absolute Gasteiger partial charge is 0.494 e. The second kappa shape index (κ2) is 31.7. The van der Waals surface area contributed by atoms with Gasteiger partial charge in [0.05, 0.1) is 25.5 Å². The predicted molar refractivity (Wildman–Crippen MR) is 401 cm³/mol. The number of unbranched alkanes of at least 4 members (excludes halogenated alkanes) is 18. The Morgan fingerprint density at radius 3 is 1.29 bits per heavy atom. The summed E-state index contributed by atoms with van der Waals surface area (Å²) < 4.78 is 19.7. The van der Waals surface area contributed by atoms with Crippen molar-refractivity contribution in [3.05, 3.63) is 166 Å². The lowest BCUT2D eigenvalue weighted by atomic mass is 9.70. The second-order valence-corrected chi connectivity index (χ2v) is 28.6. The summed E-state index contributed by atoms with van der Waals surface area (Å²) in [5, 5.41) is 6.56. The highest BCUT2D eigenvalue weighted by Gasteiger charge is 2.44. The van der Waals surface area contributed by atoms with Gasteiger partial charge in [-0.15, -0.1) is 0 Å². The van der Waals surface area contributed by atoms with Crippen LogP contribution in [0.15, 0.2) is 121 Å². The van der Waals surface area contributed by atoms with Gasteiger partial charge in [-0.2, -0.15) is 0 Å². The first kappa shape index (κ1) is 68.9. The first-order valence-electron chi connectivity index (χ1n) is 37.8. The van der Waals surface area contributed by atoms with Gasteiger partial charge in [-0.1, -0.05) is 217 Å². The van der Waals surface area contributed by atoms with Crippen molar-refractivity contribution in [1.29, 1.82) is 0 Å². The standard InChI is InChI=1S/C88H104N2O7/c1-8-13-18-25-32-62(33-26-19-14-9-2)89-84(91)71-46-42-67-69-44-48-73-83-74(49-45-70(81(69)83)68-43-47-72(85(89)92)82(71)80(67)68)87(94)90(86(73)93)63-36-38-64(39-37-63)95-52-30-23-24-31-54-97-79-56-60(7)78(96-53-29-22-17-12-5)58-75(79)61-35-41-66-65-40-34-59(6)55-76(65)88(77(66)57-61,50-27-20-15-10-3)51-28-21-16-11-4/h34-49,55-58,62H,8-33,50-54H2,1-7H3. The van der Waals surface area contributed by atoms with E-state index in [-0.39, 0.29) is 35.1 Å². The number of fused-ring (bicyclic) bond motifs is 5. The summed E-state index contributed by atoms with van der Waals surface area (Å²) in [6.45, 7) is 17.5. The number of imide groups is 2. The number of rotatable bonds is 38. The molecule has 2 heterocycles. The van der Waals surface area contributed by atoms with Gasteiger partial charge in [0.1, 0.15) is 17.2 Å². The fourth-order valence-corrected chi connectivity index (χ4v) is 16.5. The molecule has 3 aliphatic rings. The topological polar surface area (TPSA) is 102 Å². The van der Waals surface area contributed by atoms with Crippen LogP contribution in [0.3, 0.4) is 0 Å². The van der Waals surface area contributed by atoms with Gasteiger partial charge in [0.15, 0.2) is 0 Å². The Hall–Kier alpha value is -8.04. The Balaban J connectivity index is 0.701. The van der Waals surface area contributed by atoms with E-state index in [1.807, 2.05) is 60.7 Å². The maximum Gasteiger partial charge on any atom is 0.265 e. The number of hydrogen-bond acceptors (Lipinski definition) is 7. The number of benzene rings is 9. The van der Waals surface area contributed by atoms with Gasteiger partial charge in [-0.05, 0) is 204 Å². The molecule has 0 unspecified atom stereocenters. The average molecular weight is 1300 g/mol. The highest BCUT2D eigenvalue weighted by atomic mass is 16.5. The summed E-state index contributed by atoms with van der Waals surface area (Å²) in [6.07, 6.45) is 31.0. The van der Waals surface area contributed by atoms with Gasteiger partial charge in [0.2, 0.25) is 0 Å². The van der Waals surface area contributed by atoms with Crippen molar-refractivity contribution in [3.8, 4) is 39.5 Å². The minimum Gasteiger partial charge on any atom is -0.494 e. The minimum absolute atomic E-state index is 0.0216. The van der Waals surface area contributed by atoms with Gasteiger partial charge in [-0.3, -0.25) is 24.1 Å². The molecule has 0 fully saturated rings. The van der Waals surface area contributed by atoms with Gasteiger partial charge >= 0.3 is 0 Å². The molecule has 1 aliphatic carbocycles. The lowest BCUT2D eigenvalue weighted by Gasteiger charge is -2.35. The van der Waals surface area contributed by atoms with E-state index in [1.54, 1.807) is 17.0 Å². The monoisotopic (exact) mass is 1300 g/mol. The first-order valence-corrected chi connectivity index (χ1v) is 37.8. The zero-order valence-electron chi connectivity index (χ0n) is 59.3. The number of aryl methyl sites for hydroxylation is 2. The van der Waals surface area contributed by atoms with Gasteiger partial charge in [0.25, 0.3) is 23.6 Å². The van der Waals surface area contributed by atoms with Gasteiger partial charge < -0.3 is 14.2 Å². The summed E-state index contributed by atoms with van der Waals surface area (Å²) >= 11 is 0. The molecule has 0 atom stereocenters. The van der Waals surface area contributed by atoms with E-state index in [9.17, 15) is 19.2 Å². The van der Waals surface area contributed by atoms with Crippen LogP contribution in [-0.4, -0.2) is 54.4 Å². The normalized spacial score (nSPS) is 14.0. The van der Waals surface area contributed by atoms with Crippen LogP contribution in [0.4, 0.5) is 5.69 Å². The van der Waals surface area contributed by atoms with Crippen molar-refractivity contribution in [2.45, 2.75) is 240 Å². The van der Waals surface area contributed by atoms with Crippen LogP contribution in [0, 0.1) is 13.8 Å². The third-order valence-corrected chi connectivity index (χ3v) is 21.7. The maximum atomic E-state index is 14.7. The summed E-state index contributed by atoms with van der Waals surface area (Å²) in [5.41, 5.74) is 13.0. The van der Waals surface area contributed by atoms with Gasteiger partial charge in [-0.25, -0.2) is 4.90 Å². The number of amides is 4. The lowest BCUT2D eigenvalue weighted by Crippen LogP contribution is -2.47. The van der Waals surface area contributed by atoms with E-state index >= 15 is 0 Å². The highest BCUT2D eigenvalue weighted by molar-refractivity contribution is 6.43. The number of ether oxygens (including phenoxy) is 3. The molecule has 0 saturated heterocycles. The van der Waals surface area contributed by atoms with E-state index < -0.39 is 0 Å². The van der Waals surface area contributed by atoms with Crippen molar-refractivity contribution in [1.82, 2.24) is 4.90 Å². The molecule has 0 bridgehead atoms. The molecule has 0 aromatic heterocycles. The molecule has 12 rings (SSSR count). The molecule has 0 N–H and O–H groups in total. The molecule has 9 aromatic rings. The lowest BCUT2D eigenvalue weighted by molar-refractivity contribution is 0.0516. The van der Waals surface area contributed by atoms with Crippen LogP contribution in [0.25, 0.3) is 65.3 Å². The Labute approximate surface area is 577 Å². The Kier molecular flexibility index (Phi) is 22.5. The molecule has 0 radical (unpaired) electrons. The van der Waals surface area contributed by atoms with Crippen LogP contribution < -0.4 is 19.1 Å². The average Bonchev–Trinajstić information content (AvgIpc) is 1.27. The van der Waals surface area contributed by atoms with E-state index in [0.29, 0.717) is 64.3 Å². The van der Waals surface area contributed by atoms with E-state index in [4.69, 9.17) is 14.2 Å². The van der Waals surface area contributed by atoms with Crippen LogP contribution in [0.5, 0.6) is 17.2 Å². The molecule has 9 nitrogen and oxygen atoms in total. The molecular formula is C88H104N2O7. The number of hydrogen-bond donors (Lipinski definition) is 0. The minimum atomic E-state index is -0.386. The first-order chi connectivity index (χ1) is 47.5. The fourth-order valence-electron chi connectivity index (χ4n) is 16.5. The van der Waals surface area contributed by atoms with Crippen molar-refractivity contribution in [2.75, 3.05) is 24.7 Å². The number of carbonyl (C=O) groups is 4. The third kappa shape index (κ3) is 13.9. The van der Waals surface area contributed by atoms with Crippen LogP contribution in [0.2, 0.25) is 0 Å². The van der Waals surface area contributed by atoms with Crippen LogP contribution >= 0.6 is 0 Å². The molecule has 9 aromatic carbocycles. The zero-order chi connectivity index (χ0) is 67.6. The summed E-state index contributed by atoms with van der Waals surface area (Å²) in [4.78, 5) is 61.7. The third-order valence-electron chi connectivity index (χ3n) is 21.7.